The van der Waals surface area contributed by atoms with Gasteiger partial charge in [0.25, 0.3) is 6.43 Å². The van der Waals surface area contributed by atoms with Gasteiger partial charge in [0.2, 0.25) is 0 Å². The van der Waals surface area contributed by atoms with E-state index in [1.165, 1.54) is 6.20 Å². The third-order valence-corrected chi connectivity index (χ3v) is 1.80. The minimum absolute atomic E-state index is 0.00421. The Bertz CT molecular complexity index is 426. The van der Waals surface area contributed by atoms with Gasteiger partial charge in [-0.2, -0.15) is 5.10 Å². The van der Waals surface area contributed by atoms with E-state index >= 15 is 0 Å². The molecule has 0 unspecified atom stereocenters. The Labute approximate surface area is 103 Å². The van der Waals surface area contributed by atoms with Crippen LogP contribution in [0.3, 0.4) is 0 Å². The predicted molar refractivity (Wildman–Crippen MR) is 62.5 cm³/mol. The summed E-state index contributed by atoms with van der Waals surface area (Å²) in [5, 5.41) is 5.95. The van der Waals surface area contributed by atoms with Crippen molar-refractivity contribution in [1.29, 1.82) is 0 Å². The van der Waals surface area contributed by atoms with Gasteiger partial charge in [0, 0.05) is 0 Å². The zero-order valence-corrected chi connectivity index (χ0v) is 10.4. The van der Waals surface area contributed by atoms with Crippen molar-refractivity contribution in [2.45, 2.75) is 39.3 Å². The molecule has 1 aromatic heterocycles. The summed E-state index contributed by atoms with van der Waals surface area (Å²) in [6.07, 6.45) is -2.18. The number of nitrogens with two attached hydrogens (primary N) is 1. The van der Waals surface area contributed by atoms with E-state index < -0.39 is 24.7 Å². The first-order chi connectivity index (χ1) is 8.19. The number of carbonyl (C=O) groups is 1. The lowest BCUT2D eigenvalue weighted by Gasteiger charge is -2.20. The average Bonchev–Trinajstić information content (AvgIpc) is 2.46. The lowest BCUT2D eigenvalue weighted by molar-refractivity contribution is 0.0632. The van der Waals surface area contributed by atoms with E-state index in [2.05, 4.69) is 10.4 Å². The molecule has 102 valence electrons. The summed E-state index contributed by atoms with van der Waals surface area (Å²) < 4.78 is 30.5. The monoisotopic (exact) mass is 262 g/mol. The van der Waals surface area contributed by atoms with Crippen molar-refractivity contribution < 1.29 is 18.3 Å². The molecule has 0 fully saturated rings. The summed E-state index contributed by atoms with van der Waals surface area (Å²) in [7, 11) is 0. The number of rotatable bonds is 3. The van der Waals surface area contributed by atoms with E-state index in [1.54, 1.807) is 20.8 Å². The van der Waals surface area contributed by atoms with E-state index in [1.807, 2.05) is 0 Å². The molecular formula is C10H16F2N4O2. The molecule has 0 aliphatic rings. The van der Waals surface area contributed by atoms with Crippen molar-refractivity contribution in [1.82, 2.24) is 9.78 Å². The molecule has 0 aliphatic heterocycles. The Kier molecular flexibility index (Phi) is 4.10. The van der Waals surface area contributed by atoms with Gasteiger partial charge < -0.3 is 10.5 Å². The summed E-state index contributed by atoms with van der Waals surface area (Å²) in [5.41, 5.74) is 4.94. The number of carbonyl (C=O) groups excluding carboxylic acids is 1. The maximum absolute atomic E-state index is 12.3. The number of halogens is 2. The van der Waals surface area contributed by atoms with Crippen LogP contribution >= 0.6 is 0 Å². The predicted octanol–water partition coefficient (Wildman–Crippen LogP) is 2.08. The lowest BCUT2D eigenvalue weighted by atomic mass is 10.2. The van der Waals surface area contributed by atoms with Crippen molar-refractivity contribution in [2.75, 3.05) is 11.1 Å². The second-order valence-corrected chi connectivity index (χ2v) is 4.65. The van der Waals surface area contributed by atoms with E-state index in [9.17, 15) is 13.6 Å². The van der Waals surface area contributed by atoms with Crippen molar-refractivity contribution in [2.24, 2.45) is 0 Å². The zero-order valence-electron chi connectivity index (χ0n) is 10.4. The van der Waals surface area contributed by atoms with Crippen LogP contribution in [-0.2, 0) is 11.3 Å². The molecule has 1 rings (SSSR count). The van der Waals surface area contributed by atoms with E-state index in [4.69, 9.17) is 10.5 Å². The molecule has 1 aromatic rings. The number of ether oxygens (including phenoxy) is 1. The molecule has 18 heavy (non-hydrogen) atoms. The SMILES string of the molecule is CC(C)(C)OC(=O)Nc1c(N)cnn1CC(F)F. The van der Waals surface area contributed by atoms with Crippen LogP contribution in [0.4, 0.5) is 25.1 Å². The highest BCUT2D eigenvalue weighted by Crippen LogP contribution is 2.19. The maximum Gasteiger partial charge on any atom is 0.413 e. The van der Waals surface area contributed by atoms with Gasteiger partial charge in [-0.25, -0.2) is 18.3 Å². The highest BCUT2D eigenvalue weighted by molar-refractivity contribution is 5.87. The largest absolute Gasteiger partial charge is 0.444 e. The molecule has 8 heteroatoms. The second kappa shape index (κ2) is 5.19. The molecule has 0 aromatic carbocycles. The molecule has 0 atom stereocenters. The van der Waals surface area contributed by atoms with Gasteiger partial charge in [-0.05, 0) is 20.8 Å². The third-order valence-electron chi connectivity index (χ3n) is 1.80. The Morgan fingerprint density at radius 2 is 2.22 bits per heavy atom. The van der Waals surface area contributed by atoms with Crippen LogP contribution < -0.4 is 11.1 Å². The average molecular weight is 262 g/mol. The third kappa shape index (κ3) is 4.19. The van der Waals surface area contributed by atoms with Crippen molar-refractivity contribution >= 4 is 17.6 Å². The first kappa shape index (κ1) is 14.2. The fraction of sp³-hybridized carbons (Fsp3) is 0.600. The minimum Gasteiger partial charge on any atom is -0.444 e. The van der Waals surface area contributed by atoms with E-state index in [-0.39, 0.29) is 11.5 Å². The van der Waals surface area contributed by atoms with Crippen LogP contribution in [0.25, 0.3) is 0 Å². The summed E-state index contributed by atoms with van der Waals surface area (Å²) in [6.45, 7) is 4.41. The van der Waals surface area contributed by atoms with E-state index in [0.29, 0.717) is 0 Å². The normalized spacial score (nSPS) is 11.7. The maximum atomic E-state index is 12.3. The number of alkyl halides is 2. The fourth-order valence-electron chi connectivity index (χ4n) is 1.21. The Morgan fingerprint density at radius 3 is 2.72 bits per heavy atom. The highest BCUT2D eigenvalue weighted by Gasteiger charge is 2.20. The Hall–Kier alpha value is -1.86. The molecule has 1 amide bonds. The minimum atomic E-state index is -2.59. The number of nitrogens with one attached hydrogen (secondary N) is 1. The number of hydrogen-bond donors (Lipinski definition) is 2. The summed E-state index contributed by atoms with van der Waals surface area (Å²) in [4.78, 5) is 11.5. The van der Waals surface area contributed by atoms with Gasteiger partial charge in [-0.3, -0.25) is 5.32 Å². The number of aromatic nitrogens is 2. The summed E-state index contributed by atoms with van der Waals surface area (Å²) in [6, 6.07) is 0. The van der Waals surface area contributed by atoms with Crippen molar-refractivity contribution in [3.8, 4) is 0 Å². The highest BCUT2D eigenvalue weighted by atomic mass is 19.3. The van der Waals surface area contributed by atoms with Crippen LogP contribution in [0, 0.1) is 0 Å². The Balaban J connectivity index is 2.77. The van der Waals surface area contributed by atoms with Gasteiger partial charge in [-0.15, -0.1) is 0 Å². The topological polar surface area (TPSA) is 82.2 Å². The molecule has 6 nitrogen and oxygen atoms in total. The number of anilines is 2. The first-order valence-corrected chi connectivity index (χ1v) is 5.28. The zero-order chi connectivity index (χ0) is 13.9. The van der Waals surface area contributed by atoms with Crippen molar-refractivity contribution in [3.05, 3.63) is 6.20 Å². The lowest BCUT2D eigenvalue weighted by Crippen LogP contribution is -2.28. The van der Waals surface area contributed by atoms with Crippen LogP contribution in [-0.4, -0.2) is 27.9 Å². The van der Waals surface area contributed by atoms with Gasteiger partial charge in [-0.1, -0.05) is 0 Å². The van der Waals surface area contributed by atoms with Crippen LogP contribution in [0.15, 0.2) is 6.20 Å². The quantitative estimate of drug-likeness (QED) is 0.873. The van der Waals surface area contributed by atoms with Gasteiger partial charge in [0.15, 0.2) is 5.82 Å². The van der Waals surface area contributed by atoms with E-state index in [0.717, 1.165) is 4.68 Å². The van der Waals surface area contributed by atoms with Gasteiger partial charge in [0.05, 0.1) is 11.9 Å². The van der Waals surface area contributed by atoms with Crippen LogP contribution in [0.2, 0.25) is 0 Å². The summed E-state index contributed by atoms with van der Waals surface area (Å²) in [5.74, 6) is 0.00421. The van der Waals surface area contributed by atoms with Crippen molar-refractivity contribution in [3.63, 3.8) is 0 Å². The molecule has 0 aliphatic carbocycles. The number of amides is 1. The Morgan fingerprint density at radius 1 is 1.61 bits per heavy atom. The molecule has 0 bridgehead atoms. The van der Waals surface area contributed by atoms with Gasteiger partial charge >= 0.3 is 6.09 Å². The number of nitrogen functional groups attached to an aromatic ring is 1. The fourth-order valence-corrected chi connectivity index (χ4v) is 1.21. The molecule has 1 heterocycles. The second-order valence-electron chi connectivity index (χ2n) is 4.65. The first-order valence-electron chi connectivity index (χ1n) is 5.28. The summed E-state index contributed by atoms with van der Waals surface area (Å²) >= 11 is 0. The molecule has 0 saturated heterocycles. The number of hydrogen-bond acceptors (Lipinski definition) is 4. The molecule has 3 N–H and O–H groups in total. The van der Waals surface area contributed by atoms with Gasteiger partial charge in [0.1, 0.15) is 12.1 Å². The molecule has 0 saturated carbocycles. The van der Waals surface area contributed by atoms with Crippen LogP contribution in [0.1, 0.15) is 20.8 Å². The standard InChI is InChI=1S/C10H16F2N4O2/c1-10(2,3)18-9(17)15-8-6(13)4-14-16(8)5-7(11)12/h4,7H,5,13H2,1-3H3,(H,15,17). The number of nitrogens with zero attached hydrogens (tertiary/aromatic N) is 2. The smallest absolute Gasteiger partial charge is 0.413 e. The molecule has 0 spiro atoms. The van der Waals surface area contributed by atoms with Crippen LogP contribution in [0.5, 0.6) is 0 Å². The molecule has 0 radical (unpaired) electrons. The molecular weight excluding hydrogens is 246 g/mol.